The molecule has 0 heterocycles. The van der Waals surface area contributed by atoms with Crippen molar-refractivity contribution in [1.82, 2.24) is 0 Å². The summed E-state index contributed by atoms with van der Waals surface area (Å²) in [4.78, 5) is 0. The molecule has 0 aliphatic rings. The highest BCUT2D eigenvalue weighted by Gasteiger charge is 2.13. The molecular formula is C16H20O4. The van der Waals surface area contributed by atoms with Crippen molar-refractivity contribution in [2.45, 2.75) is 27.2 Å². The lowest BCUT2D eigenvalue weighted by atomic mass is 10.00. The first kappa shape index (κ1) is 15.7. The zero-order chi connectivity index (χ0) is 15.3. The van der Waals surface area contributed by atoms with E-state index in [-0.39, 0.29) is 29.4 Å². The van der Waals surface area contributed by atoms with E-state index in [0.29, 0.717) is 16.7 Å². The van der Waals surface area contributed by atoms with Crippen LogP contribution in [0.5, 0.6) is 23.0 Å². The largest absolute Gasteiger partial charge is 0.508 e. The second-order valence-electron chi connectivity index (χ2n) is 4.22. The molecular weight excluding hydrogens is 256 g/mol. The number of phenols is 4. The summed E-state index contributed by atoms with van der Waals surface area (Å²) in [5.41, 5.74) is 1.53. The highest BCUT2D eigenvalue weighted by atomic mass is 16.3. The molecule has 0 bridgehead atoms. The van der Waals surface area contributed by atoms with Gasteiger partial charge in [-0.2, -0.15) is 0 Å². The highest BCUT2D eigenvalue weighted by Crippen LogP contribution is 2.34. The van der Waals surface area contributed by atoms with Crippen molar-refractivity contribution in [2.24, 2.45) is 0 Å². The Morgan fingerprint density at radius 1 is 0.850 bits per heavy atom. The second-order valence-corrected chi connectivity index (χ2v) is 4.22. The first-order valence-electron chi connectivity index (χ1n) is 6.50. The van der Waals surface area contributed by atoms with Gasteiger partial charge >= 0.3 is 0 Å². The quantitative estimate of drug-likeness (QED) is 0.677. The second kappa shape index (κ2) is 6.70. The van der Waals surface area contributed by atoms with Crippen LogP contribution in [0.1, 0.15) is 30.5 Å². The van der Waals surface area contributed by atoms with Gasteiger partial charge in [-0.3, -0.25) is 0 Å². The molecule has 0 spiro atoms. The third-order valence-electron chi connectivity index (χ3n) is 2.90. The number of phenolic OH excluding ortho intramolecular Hbond substituents is 4. The molecule has 0 fully saturated rings. The third-order valence-corrected chi connectivity index (χ3v) is 2.90. The molecule has 2 aromatic rings. The van der Waals surface area contributed by atoms with Gasteiger partial charge in [0.15, 0.2) is 0 Å². The summed E-state index contributed by atoms with van der Waals surface area (Å²) < 4.78 is 0. The average molecular weight is 276 g/mol. The first-order valence-corrected chi connectivity index (χ1v) is 6.50. The minimum absolute atomic E-state index is 0.0162. The van der Waals surface area contributed by atoms with Gasteiger partial charge in [-0.05, 0) is 30.2 Å². The molecule has 0 amide bonds. The number of hydrogen-bond donors (Lipinski definition) is 4. The van der Waals surface area contributed by atoms with Gasteiger partial charge in [0.05, 0.1) is 0 Å². The third kappa shape index (κ3) is 3.35. The maximum atomic E-state index is 9.89. The summed E-state index contributed by atoms with van der Waals surface area (Å²) in [6.45, 7) is 5.73. The van der Waals surface area contributed by atoms with E-state index in [4.69, 9.17) is 0 Å². The molecule has 0 atom stereocenters. The van der Waals surface area contributed by atoms with Gasteiger partial charge in [0.25, 0.3) is 0 Å². The first-order chi connectivity index (χ1) is 9.49. The zero-order valence-electron chi connectivity index (χ0n) is 11.9. The van der Waals surface area contributed by atoms with Crippen molar-refractivity contribution in [3.05, 3.63) is 47.0 Å². The number of aromatic hydroxyl groups is 4. The van der Waals surface area contributed by atoms with E-state index >= 15 is 0 Å². The Balaban J connectivity index is 0.000000956. The minimum Gasteiger partial charge on any atom is -0.508 e. The van der Waals surface area contributed by atoms with Crippen molar-refractivity contribution in [1.29, 1.82) is 0 Å². The molecule has 0 aromatic heterocycles. The van der Waals surface area contributed by atoms with E-state index in [1.54, 1.807) is 19.1 Å². The van der Waals surface area contributed by atoms with Crippen LogP contribution in [0.4, 0.5) is 0 Å². The van der Waals surface area contributed by atoms with E-state index in [0.717, 1.165) is 0 Å². The number of rotatable bonds is 2. The predicted octanol–water partition coefficient (Wildman–Crippen LogP) is 3.43. The lowest BCUT2D eigenvalue weighted by Crippen LogP contribution is -1.92. The van der Waals surface area contributed by atoms with Gasteiger partial charge in [-0.15, -0.1) is 0 Å². The van der Waals surface area contributed by atoms with E-state index in [9.17, 15) is 20.4 Å². The van der Waals surface area contributed by atoms with Crippen LogP contribution in [0, 0.1) is 6.92 Å². The molecule has 0 unspecified atom stereocenters. The predicted molar refractivity (Wildman–Crippen MR) is 78.4 cm³/mol. The van der Waals surface area contributed by atoms with Crippen molar-refractivity contribution in [3.8, 4) is 23.0 Å². The van der Waals surface area contributed by atoms with Crippen LogP contribution in [-0.2, 0) is 6.42 Å². The molecule has 4 N–H and O–H groups in total. The number of benzene rings is 2. The van der Waals surface area contributed by atoms with Crippen LogP contribution in [0.3, 0.4) is 0 Å². The van der Waals surface area contributed by atoms with Crippen LogP contribution in [-0.4, -0.2) is 20.4 Å². The Morgan fingerprint density at radius 3 is 2.10 bits per heavy atom. The number of hydrogen-bond acceptors (Lipinski definition) is 4. The van der Waals surface area contributed by atoms with Gasteiger partial charge < -0.3 is 20.4 Å². The van der Waals surface area contributed by atoms with Crippen LogP contribution in [0.2, 0.25) is 0 Å². The SMILES string of the molecule is CC.Cc1ccc(O)c(Cc2ccc(O)cc2O)c1O. The van der Waals surface area contributed by atoms with E-state index in [1.807, 2.05) is 13.8 Å². The van der Waals surface area contributed by atoms with Crippen LogP contribution >= 0.6 is 0 Å². The molecule has 0 saturated heterocycles. The fourth-order valence-corrected chi connectivity index (χ4v) is 1.81. The van der Waals surface area contributed by atoms with Crippen molar-refractivity contribution in [3.63, 3.8) is 0 Å². The Bertz CT molecular complexity index is 591. The van der Waals surface area contributed by atoms with Crippen LogP contribution in [0.15, 0.2) is 30.3 Å². The lowest BCUT2D eigenvalue weighted by Gasteiger charge is -2.11. The molecule has 0 aliphatic heterocycles. The van der Waals surface area contributed by atoms with E-state index < -0.39 is 0 Å². The summed E-state index contributed by atoms with van der Waals surface area (Å²) in [5.74, 6) is -0.114. The smallest absolute Gasteiger partial charge is 0.125 e. The summed E-state index contributed by atoms with van der Waals surface area (Å²) in [7, 11) is 0. The molecule has 2 rings (SSSR count). The number of aryl methyl sites for hydroxylation is 1. The Hall–Kier alpha value is -2.36. The van der Waals surface area contributed by atoms with Crippen molar-refractivity contribution >= 4 is 0 Å². The molecule has 0 aliphatic carbocycles. The van der Waals surface area contributed by atoms with Gasteiger partial charge in [-0.25, -0.2) is 0 Å². The average Bonchev–Trinajstić information content (AvgIpc) is 2.43. The van der Waals surface area contributed by atoms with E-state index in [1.165, 1.54) is 18.2 Å². The Kier molecular flexibility index (Phi) is 5.26. The lowest BCUT2D eigenvalue weighted by molar-refractivity contribution is 0.434. The molecule has 108 valence electrons. The Labute approximate surface area is 118 Å². The van der Waals surface area contributed by atoms with Crippen molar-refractivity contribution in [2.75, 3.05) is 0 Å². The van der Waals surface area contributed by atoms with Crippen LogP contribution < -0.4 is 0 Å². The molecule has 20 heavy (non-hydrogen) atoms. The van der Waals surface area contributed by atoms with Gasteiger partial charge in [0, 0.05) is 18.1 Å². The topological polar surface area (TPSA) is 80.9 Å². The molecule has 2 aromatic carbocycles. The monoisotopic (exact) mass is 276 g/mol. The normalized spacial score (nSPS) is 9.75. The van der Waals surface area contributed by atoms with E-state index in [2.05, 4.69) is 0 Å². The maximum Gasteiger partial charge on any atom is 0.125 e. The van der Waals surface area contributed by atoms with Crippen LogP contribution in [0.25, 0.3) is 0 Å². The minimum atomic E-state index is -0.0738. The summed E-state index contributed by atoms with van der Waals surface area (Å²) in [5, 5.41) is 38.5. The summed E-state index contributed by atoms with van der Waals surface area (Å²) in [6.07, 6.45) is 0.186. The van der Waals surface area contributed by atoms with Gasteiger partial charge in [0.1, 0.15) is 23.0 Å². The zero-order valence-corrected chi connectivity index (χ0v) is 11.9. The van der Waals surface area contributed by atoms with Gasteiger partial charge in [0.2, 0.25) is 0 Å². The maximum absolute atomic E-state index is 9.89. The fourth-order valence-electron chi connectivity index (χ4n) is 1.81. The standard InChI is InChI=1S/C14H14O4.C2H6/c1-8-2-5-12(16)11(14(8)18)6-9-3-4-10(15)7-13(9)17;1-2/h2-5,7,15-18H,6H2,1H3;1-2H3. The summed E-state index contributed by atoms with van der Waals surface area (Å²) in [6, 6.07) is 7.33. The summed E-state index contributed by atoms with van der Waals surface area (Å²) >= 11 is 0. The fraction of sp³-hybridized carbons (Fsp3) is 0.250. The molecule has 4 nitrogen and oxygen atoms in total. The molecule has 4 heteroatoms. The Morgan fingerprint density at radius 2 is 1.50 bits per heavy atom. The highest BCUT2D eigenvalue weighted by molar-refractivity contribution is 5.52. The molecule has 0 saturated carbocycles. The van der Waals surface area contributed by atoms with Gasteiger partial charge in [-0.1, -0.05) is 26.0 Å². The molecule has 0 radical (unpaired) electrons. The van der Waals surface area contributed by atoms with Crippen molar-refractivity contribution < 1.29 is 20.4 Å².